The third kappa shape index (κ3) is 5.34. The van der Waals surface area contributed by atoms with Gasteiger partial charge in [-0.05, 0) is 30.3 Å². The van der Waals surface area contributed by atoms with Crippen molar-refractivity contribution in [1.82, 2.24) is 20.1 Å². The minimum Gasteiger partial charge on any atom is -0.457 e. The first-order valence-electron chi connectivity index (χ1n) is 10.2. The first-order chi connectivity index (χ1) is 16.0. The average Bonchev–Trinajstić information content (AvgIpc) is 3.20. The molecule has 0 radical (unpaired) electrons. The summed E-state index contributed by atoms with van der Waals surface area (Å²) in [6.07, 6.45) is 1.50. The highest BCUT2D eigenvalue weighted by Crippen LogP contribution is 2.24. The summed E-state index contributed by atoms with van der Waals surface area (Å²) in [6, 6.07) is 21.2. The van der Waals surface area contributed by atoms with Gasteiger partial charge in [0.25, 0.3) is 5.91 Å². The molecule has 3 N–H and O–H groups in total. The number of carbonyl (C=O) groups excluding carboxylic acids is 2. The Morgan fingerprint density at radius 2 is 1.67 bits per heavy atom. The van der Waals surface area contributed by atoms with Gasteiger partial charge in [0.05, 0.1) is 5.69 Å². The highest BCUT2D eigenvalue weighted by molar-refractivity contribution is 5.99. The molecule has 0 aliphatic carbocycles. The van der Waals surface area contributed by atoms with E-state index in [0.717, 1.165) is 11.3 Å². The number of anilines is 2. The maximum absolute atomic E-state index is 12.4. The highest BCUT2D eigenvalue weighted by atomic mass is 16.5. The van der Waals surface area contributed by atoms with Crippen LogP contribution in [0.25, 0.3) is 11.3 Å². The second-order valence-corrected chi connectivity index (χ2v) is 7.07. The fourth-order valence-corrected chi connectivity index (χ4v) is 3.08. The lowest BCUT2D eigenvalue weighted by Gasteiger charge is -2.09. The van der Waals surface area contributed by atoms with E-state index in [1.54, 1.807) is 48.1 Å². The van der Waals surface area contributed by atoms with Crippen LogP contribution in [0, 0.1) is 0 Å². The van der Waals surface area contributed by atoms with Crippen molar-refractivity contribution in [1.29, 1.82) is 0 Å². The Hall–Kier alpha value is -4.66. The Bertz CT molecular complexity index is 1270. The molecule has 4 rings (SSSR count). The summed E-state index contributed by atoms with van der Waals surface area (Å²) in [7, 11) is 3.30. The monoisotopic (exact) mass is 442 g/mol. The van der Waals surface area contributed by atoms with Crippen LogP contribution in [0.2, 0.25) is 0 Å². The lowest BCUT2D eigenvalue weighted by molar-refractivity contribution is 0.0958. The molecule has 0 spiro atoms. The average molecular weight is 442 g/mol. The number of amides is 3. The Labute approximate surface area is 190 Å². The Morgan fingerprint density at radius 3 is 2.39 bits per heavy atom. The minimum atomic E-state index is -0.393. The van der Waals surface area contributed by atoms with Gasteiger partial charge in [0.2, 0.25) is 0 Å². The summed E-state index contributed by atoms with van der Waals surface area (Å²) >= 11 is 0. The van der Waals surface area contributed by atoms with Gasteiger partial charge in [-0.3, -0.25) is 19.8 Å². The molecule has 3 amide bonds. The third-order valence-corrected chi connectivity index (χ3v) is 4.73. The van der Waals surface area contributed by atoms with E-state index in [2.05, 4.69) is 26.0 Å². The van der Waals surface area contributed by atoms with E-state index in [1.807, 2.05) is 36.4 Å². The van der Waals surface area contributed by atoms with E-state index in [9.17, 15) is 9.59 Å². The van der Waals surface area contributed by atoms with E-state index in [1.165, 1.54) is 13.2 Å². The third-order valence-electron chi connectivity index (χ3n) is 4.73. The summed E-state index contributed by atoms with van der Waals surface area (Å²) in [5.41, 5.74) is 2.58. The van der Waals surface area contributed by atoms with E-state index in [-0.39, 0.29) is 11.6 Å². The van der Waals surface area contributed by atoms with Crippen LogP contribution >= 0.6 is 0 Å². The molecule has 9 nitrogen and oxygen atoms in total. The van der Waals surface area contributed by atoms with Crippen molar-refractivity contribution < 1.29 is 14.3 Å². The molecule has 0 aliphatic heterocycles. The van der Waals surface area contributed by atoms with Crippen molar-refractivity contribution in [3.05, 3.63) is 84.7 Å². The van der Waals surface area contributed by atoms with E-state index in [4.69, 9.17) is 4.74 Å². The van der Waals surface area contributed by atoms with Crippen LogP contribution in [0.3, 0.4) is 0 Å². The standard InChI is InChI=1S/C24H22N6O3/c1-25-23(31)21-14-19(12-13-26-21)33-18-10-8-17(9-11-18)27-24(32)28-22-15-20(29-30(22)2)16-6-4-3-5-7-16/h3-15H,1-2H3,(H,25,31)(H2,27,28,32). The summed E-state index contributed by atoms with van der Waals surface area (Å²) in [6.45, 7) is 0. The van der Waals surface area contributed by atoms with Crippen molar-refractivity contribution in [3.8, 4) is 22.8 Å². The molecule has 0 aliphatic rings. The number of ether oxygens (including phenoxy) is 1. The number of hydrogen-bond donors (Lipinski definition) is 3. The molecule has 2 aromatic carbocycles. The first kappa shape index (κ1) is 21.6. The fourth-order valence-electron chi connectivity index (χ4n) is 3.08. The van der Waals surface area contributed by atoms with Crippen LogP contribution < -0.4 is 20.7 Å². The predicted molar refractivity (Wildman–Crippen MR) is 125 cm³/mol. The molecule has 33 heavy (non-hydrogen) atoms. The molecule has 0 unspecified atom stereocenters. The quantitative estimate of drug-likeness (QED) is 0.413. The molecule has 4 aromatic rings. The number of aromatic nitrogens is 3. The summed E-state index contributed by atoms with van der Waals surface area (Å²) in [5, 5.41) is 12.5. The summed E-state index contributed by atoms with van der Waals surface area (Å²) in [4.78, 5) is 28.2. The number of urea groups is 1. The number of pyridine rings is 1. The van der Waals surface area contributed by atoms with Gasteiger partial charge in [0.1, 0.15) is 23.0 Å². The van der Waals surface area contributed by atoms with Gasteiger partial charge in [0.15, 0.2) is 0 Å². The molecule has 9 heteroatoms. The van der Waals surface area contributed by atoms with E-state index in [0.29, 0.717) is 23.0 Å². The zero-order valence-corrected chi connectivity index (χ0v) is 18.1. The number of hydrogen-bond acceptors (Lipinski definition) is 5. The van der Waals surface area contributed by atoms with Gasteiger partial charge < -0.3 is 15.4 Å². The Kier molecular flexibility index (Phi) is 6.31. The Balaban J connectivity index is 1.37. The molecule has 0 saturated heterocycles. The van der Waals surface area contributed by atoms with Crippen molar-refractivity contribution in [3.63, 3.8) is 0 Å². The molecular weight excluding hydrogens is 420 g/mol. The second-order valence-electron chi connectivity index (χ2n) is 7.07. The molecule has 2 aromatic heterocycles. The van der Waals surface area contributed by atoms with Gasteiger partial charge in [-0.25, -0.2) is 4.79 Å². The molecule has 0 bridgehead atoms. The van der Waals surface area contributed by atoms with Crippen LogP contribution in [0.4, 0.5) is 16.3 Å². The molecule has 2 heterocycles. The summed E-state index contributed by atoms with van der Waals surface area (Å²) < 4.78 is 7.38. The zero-order valence-electron chi connectivity index (χ0n) is 18.1. The van der Waals surface area contributed by atoms with Crippen LogP contribution in [0.1, 0.15) is 10.5 Å². The van der Waals surface area contributed by atoms with Gasteiger partial charge in [-0.1, -0.05) is 30.3 Å². The molecular formula is C24H22N6O3. The lowest BCUT2D eigenvalue weighted by atomic mass is 10.2. The van der Waals surface area contributed by atoms with Crippen molar-refractivity contribution >= 4 is 23.4 Å². The van der Waals surface area contributed by atoms with E-state index < -0.39 is 6.03 Å². The lowest BCUT2D eigenvalue weighted by Crippen LogP contribution is -2.20. The SMILES string of the molecule is CNC(=O)c1cc(Oc2ccc(NC(=O)Nc3cc(-c4ccccc4)nn3C)cc2)ccn1. The van der Waals surface area contributed by atoms with Gasteiger partial charge in [-0.2, -0.15) is 5.10 Å². The zero-order chi connectivity index (χ0) is 23.2. The fraction of sp³-hybridized carbons (Fsp3) is 0.0833. The van der Waals surface area contributed by atoms with Gasteiger partial charge in [-0.15, -0.1) is 0 Å². The first-order valence-corrected chi connectivity index (χ1v) is 10.2. The van der Waals surface area contributed by atoms with Crippen LogP contribution in [0.5, 0.6) is 11.5 Å². The number of rotatable bonds is 6. The van der Waals surface area contributed by atoms with Crippen LogP contribution in [0.15, 0.2) is 79.0 Å². The Morgan fingerprint density at radius 1 is 0.909 bits per heavy atom. The molecule has 0 atom stereocenters. The highest BCUT2D eigenvalue weighted by Gasteiger charge is 2.11. The van der Waals surface area contributed by atoms with Crippen molar-refractivity contribution in [2.24, 2.45) is 7.05 Å². The number of carbonyl (C=O) groups is 2. The van der Waals surface area contributed by atoms with Gasteiger partial charge in [0, 0.05) is 43.7 Å². The smallest absolute Gasteiger partial charge is 0.324 e. The van der Waals surface area contributed by atoms with E-state index >= 15 is 0 Å². The maximum Gasteiger partial charge on any atom is 0.324 e. The minimum absolute atomic E-state index is 0.260. The summed E-state index contributed by atoms with van der Waals surface area (Å²) in [5.74, 6) is 1.30. The molecule has 0 fully saturated rings. The molecule has 166 valence electrons. The van der Waals surface area contributed by atoms with Crippen LogP contribution in [-0.2, 0) is 7.05 Å². The topological polar surface area (TPSA) is 110 Å². The second kappa shape index (κ2) is 9.65. The van der Waals surface area contributed by atoms with Gasteiger partial charge >= 0.3 is 6.03 Å². The predicted octanol–water partition coefficient (Wildman–Crippen LogP) is 4.28. The molecule has 0 saturated carbocycles. The normalized spacial score (nSPS) is 10.4. The number of nitrogens with one attached hydrogen (secondary N) is 3. The number of benzene rings is 2. The van der Waals surface area contributed by atoms with Crippen molar-refractivity contribution in [2.75, 3.05) is 17.7 Å². The number of nitrogens with zero attached hydrogens (tertiary/aromatic N) is 3. The van der Waals surface area contributed by atoms with Crippen molar-refractivity contribution in [2.45, 2.75) is 0 Å². The maximum atomic E-state index is 12.4. The number of aryl methyl sites for hydroxylation is 1. The van der Waals surface area contributed by atoms with Crippen LogP contribution in [-0.4, -0.2) is 33.8 Å². The largest absolute Gasteiger partial charge is 0.457 e.